The third kappa shape index (κ3) is 4.74. The Morgan fingerprint density at radius 3 is 2.61 bits per heavy atom. The van der Waals surface area contributed by atoms with Crippen LogP contribution in [0.2, 0.25) is 0 Å². The first kappa shape index (κ1) is 22.9. The van der Waals surface area contributed by atoms with E-state index in [0.717, 1.165) is 60.4 Å². The van der Waals surface area contributed by atoms with E-state index >= 15 is 0 Å². The lowest BCUT2D eigenvalue weighted by molar-refractivity contribution is -0.113. The van der Waals surface area contributed by atoms with Gasteiger partial charge in [0.25, 0.3) is 11.8 Å². The van der Waals surface area contributed by atoms with E-state index in [1.165, 1.54) is 0 Å². The maximum atomic E-state index is 13.6. The van der Waals surface area contributed by atoms with Gasteiger partial charge < -0.3 is 20.9 Å². The molecular formula is C27H32N4O2. The Bertz CT molecular complexity index is 1130. The molecule has 4 N–H and O–H groups in total. The highest BCUT2D eigenvalue weighted by molar-refractivity contribution is 6.36. The number of hydrogen-bond donors (Lipinski definition) is 3. The van der Waals surface area contributed by atoms with Crippen LogP contribution < -0.4 is 16.0 Å². The van der Waals surface area contributed by atoms with Gasteiger partial charge >= 0.3 is 0 Å². The summed E-state index contributed by atoms with van der Waals surface area (Å²) in [6.45, 7) is 5.58. The summed E-state index contributed by atoms with van der Waals surface area (Å²) in [5.41, 5.74) is 11.7. The van der Waals surface area contributed by atoms with Crippen molar-refractivity contribution in [2.75, 3.05) is 24.5 Å². The number of fused-ring (bicyclic) bond motifs is 1. The van der Waals surface area contributed by atoms with E-state index in [4.69, 9.17) is 12.2 Å². The number of anilines is 1. The largest absolute Gasteiger partial charge is 0.359 e. The molecule has 0 saturated heterocycles. The summed E-state index contributed by atoms with van der Waals surface area (Å²) >= 11 is 0. The van der Waals surface area contributed by atoms with E-state index in [-0.39, 0.29) is 18.4 Å². The second kappa shape index (κ2) is 9.68. The lowest BCUT2D eigenvalue weighted by Gasteiger charge is -2.31. The zero-order valence-corrected chi connectivity index (χ0v) is 19.4. The maximum Gasteiger partial charge on any atom is 0.259 e. The van der Waals surface area contributed by atoms with Crippen LogP contribution in [0.15, 0.2) is 24.3 Å². The number of carbonyl (C=O) groups is 2. The van der Waals surface area contributed by atoms with Crippen molar-refractivity contribution in [2.24, 2.45) is 17.6 Å². The number of hydrogen-bond acceptors (Lipinski definition) is 3. The molecule has 4 rings (SSSR count). The number of amides is 2. The topological polar surface area (TPSA) is 91.2 Å². The Morgan fingerprint density at radius 1 is 1.24 bits per heavy atom. The van der Waals surface area contributed by atoms with Crippen molar-refractivity contribution >= 4 is 29.2 Å². The van der Waals surface area contributed by atoms with Crippen molar-refractivity contribution in [3.8, 4) is 12.3 Å². The number of aryl methyl sites for hydroxylation is 2. The molecule has 6 heteroatoms. The van der Waals surface area contributed by atoms with Gasteiger partial charge in [-0.3, -0.25) is 9.59 Å². The maximum absolute atomic E-state index is 13.6. The van der Waals surface area contributed by atoms with Crippen LogP contribution in [-0.2, 0) is 4.79 Å². The van der Waals surface area contributed by atoms with E-state index in [2.05, 4.69) is 22.3 Å². The molecule has 1 saturated carbocycles. The highest BCUT2D eigenvalue weighted by atomic mass is 16.2. The van der Waals surface area contributed by atoms with Crippen molar-refractivity contribution in [1.82, 2.24) is 10.3 Å². The molecule has 172 valence electrons. The predicted octanol–water partition coefficient (Wildman–Crippen LogP) is 3.65. The zero-order valence-electron chi connectivity index (χ0n) is 19.4. The van der Waals surface area contributed by atoms with Gasteiger partial charge in [-0.15, -0.1) is 6.42 Å². The Morgan fingerprint density at radius 2 is 1.97 bits per heavy atom. The number of nitrogens with zero attached hydrogens (tertiary/aromatic N) is 1. The normalized spacial score (nSPS) is 21.2. The van der Waals surface area contributed by atoms with Gasteiger partial charge in [0.2, 0.25) is 0 Å². The molecule has 1 aliphatic carbocycles. The van der Waals surface area contributed by atoms with Crippen molar-refractivity contribution in [3.05, 3.63) is 52.3 Å². The predicted molar refractivity (Wildman–Crippen MR) is 133 cm³/mol. The Kier molecular flexibility index (Phi) is 6.71. The van der Waals surface area contributed by atoms with Crippen LogP contribution in [0.5, 0.6) is 0 Å². The molecule has 0 unspecified atom stereocenters. The van der Waals surface area contributed by atoms with Crippen LogP contribution >= 0.6 is 0 Å². The number of carbonyl (C=O) groups excluding carboxylic acids is 2. The fraction of sp³-hybridized carbons (Fsp3) is 0.407. The average Bonchev–Trinajstić information content (AvgIpc) is 3.27. The summed E-state index contributed by atoms with van der Waals surface area (Å²) in [6.07, 6.45) is 11.6. The summed E-state index contributed by atoms with van der Waals surface area (Å²) in [5, 5.41) is 2.71. The molecule has 1 aromatic heterocycles. The number of H-pyrrole nitrogens is 1. The number of benzene rings is 1. The van der Waals surface area contributed by atoms with Crippen LogP contribution in [0.1, 0.15) is 58.6 Å². The summed E-state index contributed by atoms with van der Waals surface area (Å²) in [5.74, 6) is 3.19. The summed E-state index contributed by atoms with van der Waals surface area (Å²) in [6, 6.07) is 7.52. The quantitative estimate of drug-likeness (QED) is 0.469. The van der Waals surface area contributed by atoms with E-state index in [1.54, 1.807) is 6.07 Å². The Hall–Kier alpha value is -3.30. The molecule has 0 bridgehead atoms. The fourth-order valence-corrected chi connectivity index (χ4v) is 5.00. The number of nitrogens with two attached hydrogens (primary N) is 1. The molecule has 0 radical (unpaired) electrons. The van der Waals surface area contributed by atoms with Gasteiger partial charge in [-0.25, -0.2) is 0 Å². The molecule has 6 nitrogen and oxygen atoms in total. The highest BCUT2D eigenvalue weighted by Crippen LogP contribution is 2.40. The Balaban J connectivity index is 1.68. The molecule has 2 aromatic rings. The first-order valence-electron chi connectivity index (χ1n) is 11.7. The lowest BCUT2D eigenvalue weighted by Crippen LogP contribution is -2.34. The van der Waals surface area contributed by atoms with Crippen molar-refractivity contribution < 1.29 is 9.59 Å². The van der Waals surface area contributed by atoms with Crippen molar-refractivity contribution in [1.29, 1.82) is 0 Å². The molecule has 0 spiro atoms. The smallest absolute Gasteiger partial charge is 0.259 e. The molecule has 1 fully saturated rings. The highest BCUT2D eigenvalue weighted by Gasteiger charge is 2.35. The Labute approximate surface area is 195 Å². The van der Waals surface area contributed by atoms with Crippen molar-refractivity contribution in [2.45, 2.75) is 39.5 Å². The molecule has 2 aliphatic rings. The molecule has 2 amide bonds. The average molecular weight is 445 g/mol. The van der Waals surface area contributed by atoms with Gasteiger partial charge in [-0.05, 0) is 87.7 Å². The van der Waals surface area contributed by atoms with Crippen LogP contribution in [0.3, 0.4) is 0 Å². The first-order chi connectivity index (χ1) is 15.9. The molecule has 1 aromatic carbocycles. The van der Waals surface area contributed by atoms with Crippen LogP contribution in [0, 0.1) is 38.0 Å². The second-order valence-electron chi connectivity index (χ2n) is 9.26. The zero-order chi connectivity index (χ0) is 23.5. The second-order valence-corrected chi connectivity index (χ2v) is 9.26. The minimum Gasteiger partial charge on any atom is -0.359 e. The van der Waals surface area contributed by atoms with Gasteiger partial charge in [-0.1, -0.05) is 12.0 Å². The minimum atomic E-state index is -0.236. The third-order valence-corrected chi connectivity index (χ3v) is 6.89. The molecule has 0 atom stereocenters. The summed E-state index contributed by atoms with van der Waals surface area (Å²) < 4.78 is 0. The third-order valence-electron chi connectivity index (χ3n) is 6.89. The molecule has 1 aliphatic heterocycles. The van der Waals surface area contributed by atoms with Crippen LogP contribution in [0.25, 0.3) is 11.6 Å². The standard InChI is InChI=1S/C27H32N4O2/c1-4-11-29-26(32)21-9-10-22-23(14-24-17(2)12-18(3)30-24)27(33)31(25(22)13-21)16-20-7-5-19(15-28)6-8-20/h1,9-10,12-14,19-20,30H,5-8,11,15-16,28H2,2-3H3,(H,29,32)/b23-14-. The van der Waals surface area contributed by atoms with E-state index in [0.29, 0.717) is 29.5 Å². The number of aromatic amines is 1. The first-order valence-corrected chi connectivity index (χ1v) is 11.7. The number of aromatic nitrogens is 1. The van der Waals surface area contributed by atoms with Gasteiger partial charge in [0.1, 0.15) is 0 Å². The molecule has 33 heavy (non-hydrogen) atoms. The number of terminal acetylenes is 1. The van der Waals surface area contributed by atoms with Crippen LogP contribution in [-0.4, -0.2) is 36.4 Å². The molecule has 2 heterocycles. The van der Waals surface area contributed by atoms with Crippen LogP contribution in [0.4, 0.5) is 5.69 Å². The molecular weight excluding hydrogens is 412 g/mol. The summed E-state index contributed by atoms with van der Waals surface area (Å²) in [4.78, 5) is 31.4. The lowest BCUT2D eigenvalue weighted by atomic mass is 9.82. The SMILES string of the molecule is C#CCNC(=O)c1ccc2c(c1)N(CC1CCC(CN)CC1)C(=O)/C2=C\c1[nH]c(C)cc1C. The minimum absolute atomic E-state index is 0.0150. The van der Waals surface area contributed by atoms with E-state index < -0.39 is 0 Å². The van der Waals surface area contributed by atoms with E-state index in [1.807, 2.05) is 37.0 Å². The monoisotopic (exact) mass is 444 g/mol. The van der Waals surface area contributed by atoms with Gasteiger partial charge in [0.05, 0.1) is 17.8 Å². The number of nitrogens with one attached hydrogen (secondary N) is 2. The van der Waals surface area contributed by atoms with Gasteiger partial charge in [0, 0.05) is 29.1 Å². The van der Waals surface area contributed by atoms with Crippen molar-refractivity contribution in [3.63, 3.8) is 0 Å². The van der Waals surface area contributed by atoms with Gasteiger partial charge in [0.15, 0.2) is 0 Å². The van der Waals surface area contributed by atoms with E-state index in [9.17, 15) is 9.59 Å². The van der Waals surface area contributed by atoms with Gasteiger partial charge in [-0.2, -0.15) is 0 Å². The number of rotatable bonds is 6. The fourth-order valence-electron chi connectivity index (χ4n) is 5.00. The summed E-state index contributed by atoms with van der Waals surface area (Å²) in [7, 11) is 0.